The van der Waals surface area contributed by atoms with Crippen LogP contribution in [0.25, 0.3) is 0 Å². The van der Waals surface area contributed by atoms with Crippen LogP contribution in [0.5, 0.6) is 0 Å². The third-order valence-corrected chi connectivity index (χ3v) is 2.46. The standard InChI is InChI=1S/C12H22N2/c1-4-7-13-11(3)12-6-9-14(10-12)8-5-2/h6,9-11,13H,4-5,7-8H2,1-3H3. The number of hydrogen-bond acceptors (Lipinski definition) is 1. The minimum absolute atomic E-state index is 0.480. The molecule has 14 heavy (non-hydrogen) atoms. The fourth-order valence-electron chi connectivity index (χ4n) is 1.59. The molecule has 0 radical (unpaired) electrons. The van der Waals surface area contributed by atoms with E-state index >= 15 is 0 Å². The largest absolute Gasteiger partial charge is 0.354 e. The lowest BCUT2D eigenvalue weighted by molar-refractivity contribution is 0.568. The Morgan fingerprint density at radius 2 is 2.14 bits per heavy atom. The lowest BCUT2D eigenvalue weighted by atomic mass is 10.2. The highest BCUT2D eigenvalue weighted by atomic mass is 15.0. The van der Waals surface area contributed by atoms with Gasteiger partial charge in [-0.15, -0.1) is 0 Å². The topological polar surface area (TPSA) is 17.0 Å². The molecular formula is C12H22N2. The van der Waals surface area contributed by atoms with Gasteiger partial charge in [-0.25, -0.2) is 0 Å². The van der Waals surface area contributed by atoms with Crippen molar-refractivity contribution in [3.05, 3.63) is 24.0 Å². The summed E-state index contributed by atoms with van der Waals surface area (Å²) in [6.45, 7) is 8.85. The monoisotopic (exact) mass is 194 g/mol. The van der Waals surface area contributed by atoms with Crippen molar-refractivity contribution in [2.75, 3.05) is 6.54 Å². The van der Waals surface area contributed by atoms with Crippen molar-refractivity contribution in [2.24, 2.45) is 0 Å². The molecule has 0 bridgehead atoms. The maximum Gasteiger partial charge on any atom is 0.0306 e. The average molecular weight is 194 g/mol. The van der Waals surface area contributed by atoms with E-state index in [1.807, 2.05) is 0 Å². The molecule has 0 saturated carbocycles. The Morgan fingerprint density at radius 1 is 1.36 bits per heavy atom. The van der Waals surface area contributed by atoms with Crippen LogP contribution < -0.4 is 5.32 Å². The lowest BCUT2D eigenvalue weighted by Crippen LogP contribution is -2.18. The Hall–Kier alpha value is -0.760. The number of aromatic nitrogens is 1. The molecule has 2 nitrogen and oxygen atoms in total. The predicted molar refractivity (Wildman–Crippen MR) is 61.4 cm³/mol. The minimum atomic E-state index is 0.480. The van der Waals surface area contributed by atoms with Crippen molar-refractivity contribution in [2.45, 2.75) is 46.2 Å². The van der Waals surface area contributed by atoms with Crippen LogP contribution in [0.1, 0.15) is 45.2 Å². The first kappa shape index (κ1) is 11.3. The van der Waals surface area contributed by atoms with Crippen molar-refractivity contribution in [1.29, 1.82) is 0 Å². The zero-order valence-corrected chi connectivity index (χ0v) is 9.59. The molecule has 1 heterocycles. The Bertz CT molecular complexity index is 253. The number of hydrogen-bond donors (Lipinski definition) is 1. The number of nitrogens with one attached hydrogen (secondary N) is 1. The summed E-state index contributed by atoms with van der Waals surface area (Å²) in [4.78, 5) is 0. The van der Waals surface area contributed by atoms with Gasteiger partial charge in [0.2, 0.25) is 0 Å². The van der Waals surface area contributed by atoms with E-state index in [0.717, 1.165) is 13.1 Å². The SMILES string of the molecule is CCCNC(C)c1ccn(CCC)c1. The summed E-state index contributed by atoms with van der Waals surface area (Å²) in [6.07, 6.45) is 6.81. The molecule has 1 atom stereocenters. The number of nitrogens with zero attached hydrogens (tertiary/aromatic N) is 1. The highest BCUT2D eigenvalue weighted by Crippen LogP contribution is 2.12. The van der Waals surface area contributed by atoms with E-state index in [0.29, 0.717) is 6.04 Å². The summed E-state index contributed by atoms with van der Waals surface area (Å²) < 4.78 is 2.26. The molecule has 1 unspecified atom stereocenters. The molecule has 2 heteroatoms. The van der Waals surface area contributed by atoms with E-state index in [-0.39, 0.29) is 0 Å². The van der Waals surface area contributed by atoms with Gasteiger partial charge in [0.25, 0.3) is 0 Å². The van der Waals surface area contributed by atoms with Gasteiger partial charge in [-0.05, 0) is 37.9 Å². The van der Waals surface area contributed by atoms with Crippen molar-refractivity contribution in [3.63, 3.8) is 0 Å². The van der Waals surface area contributed by atoms with Crippen molar-refractivity contribution in [3.8, 4) is 0 Å². The second-order valence-corrected chi connectivity index (χ2v) is 3.86. The van der Waals surface area contributed by atoms with Gasteiger partial charge in [0, 0.05) is 25.0 Å². The van der Waals surface area contributed by atoms with E-state index in [4.69, 9.17) is 0 Å². The summed E-state index contributed by atoms with van der Waals surface area (Å²) in [5, 5.41) is 3.49. The highest BCUT2D eigenvalue weighted by Gasteiger charge is 2.04. The van der Waals surface area contributed by atoms with Crippen LogP contribution in [0.15, 0.2) is 18.5 Å². The van der Waals surface area contributed by atoms with Crippen LogP contribution >= 0.6 is 0 Å². The van der Waals surface area contributed by atoms with Gasteiger partial charge in [0.1, 0.15) is 0 Å². The fourth-order valence-corrected chi connectivity index (χ4v) is 1.59. The summed E-state index contributed by atoms with van der Waals surface area (Å²) in [7, 11) is 0. The highest BCUT2D eigenvalue weighted by molar-refractivity contribution is 5.14. The van der Waals surface area contributed by atoms with E-state index < -0.39 is 0 Å². The molecule has 0 saturated heterocycles. The second-order valence-electron chi connectivity index (χ2n) is 3.86. The van der Waals surface area contributed by atoms with Crippen LogP contribution in [-0.4, -0.2) is 11.1 Å². The average Bonchev–Trinajstić information content (AvgIpc) is 2.63. The van der Waals surface area contributed by atoms with Crippen molar-refractivity contribution < 1.29 is 0 Å². The molecular weight excluding hydrogens is 172 g/mol. The van der Waals surface area contributed by atoms with E-state index in [1.54, 1.807) is 0 Å². The molecule has 1 rings (SSSR count). The molecule has 1 N–H and O–H groups in total. The van der Waals surface area contributed by atoms with Gasteiger partial charge in [-0.2, -0.15) is 0 Å². The summed E-state index contributed by atoms with van der Waals surface area (Å²) in [5.74, 6) is 0. The van der Waals surface area contributed by atoms with Gasteiger partial charge >= 0.3 is 0 Å². The Kier molecular flexibility index (Phi) is 4.74. The maximum atomic E-state index is 3.49. The molecule has 0 fully saturated rings. The van der Waals surface area contributed by atoms with Crippen LogP contribution in [0.3, 0.4) is 0 Å². The Morgan fingerprint density at radius 3 is 2.79 bits per heavy atom. The predicted octanol–water partition coefficient (Wildman–Crippen LogP) is 2.96. The van der Waals surface area contributed by atoms with E-state index in [1.165, 1.54) is 18.4 Å². The Balaban J connectivity index is 2.48. The fraction of sp³-hybridized carbons (Fsp3) is 0.667. The Labute approximate surface area is 87.3 Å². The normalized spacial score (nSPS) is 13.1. The van der Waals surface area contributed by atoms with Gasteiger partial charge in [0.15, 0.2) is 0 Å². The van der Waals surface area contributed by atoms with Crippen LogP contribution in [0, 0.1) is 0 Å². The zero-order valence-electron chi connectivity index (χ0n) is 9.59. The molecule has 0 aromatic carbocycles. The molecule has 1 aromatic rings. The first-order valence-electron chi connectivity index (χ1n) is 5.67. The first-order valence-corrected chi connectivity index (χ1v) is 5.67. The van der Waals surface area contributed by atoms with E-state index in [2.05, 4.69) is 49.1 Å². The summed E-state index contributed by atoms with van der Waals surface area (Å²) in [5.41, 5.74) is 1.40. The molecule has 1 aromatic heterocycles. The molecule has 0 aliphatic rings. The number of rotatable bonds is 6. The van der Waals surface area contributed by atoms with Crippen molar-refractivity contribution >= 4 is 0 Å². The summed E-state index contributed by atoms with van der Waals surface area (Å²) in [6, 6.07) is 2.69. The van der Waals surface area contributed by atoms with Gasteiger partial charge in [0.05, 0.1) is 0 Å². The van der Waals surface area contributed by atoms with Crippen LogP contribution in [0.4, 0.5) is 0 Å². The van der Waals surface area contributed by atoms with Crippen LogP contribution in [-0.2, 0) is 6.54 Å². The lowest BCUT2D eigenvalue weighted by Gasteiger charge is -2.11. The second kappa shape index (κ2) is 5.86. The maximum absolute atomic E-state index is 3.49. The van der Waals surface area contributed by atoms with Crippen LogP contribution in [0.2, 0.25) is 0 Å². The van der Waals surface area contributed by atoms with Gasteiger partial charge < -0.3 is 9.88 Å². The first-order chi connectivity index (χ1) is 6.77. The molecule has 0 aliphatic heterocycles. The van der Waals surface area contributed by atoms with Gasteiger partial charge in [-0.3, -0.25) is 0 Å². The third kappa shape index (κ3) is 3.18. The quantitative estimate of drug-likeness (QED) is 0.736. The van der Waals surface area contributed by atoms with E-state index in [9.17, 15) is 0 Å². The van der Waals surface area contributed by atoms with Gasteiger partial charge in [-0.1, -0.05) is 13.8 Å². The minimum Gasteiger partial charge on any atom is -0.354 e. The molecule has 0 spiro atoms. The molecule has 80 valence electrons. The zero-order chi connectivity index (χ0) is 10.4. The molecule has 0 amide bonds. The third-order valence-electron chi connectivity index (χ3n) is 2.46. The summed E-state index contributed by atoms with van der Waals surface area (Å²) >= 11 is 0. The molecule has 0 aliphatic carbocycles. The smallest absolute Gasteiger partial charge is 0.0306 e. The number of aryl methyl sites for hydroxylation is 1. The van der Waals surface area contributed by atoms with Crippen molar-refractivity contribution in [1.82, 2.24) is 9.88 Å².